The summed E-state index contributed by atoms with van der Waals surface area (Å²) in [7, 11) is 0. The summed E-state index contributed by atoms with van der Waals surface area (Å²) < 4.78 is 1.70. The molecule has 1 saturated carbocycles. The van der Waals surface area contributed by atoms with Crippen LogP contribution in [0.15, 0.2) is 30.7 Å². The van der Waals surface area contributed by atoms with Crippen LogP contribution in [0.2, 0.25) is 0 Å². The summed E-state index contributed by atoms with van der Waals surface area (Å²) >= 11 is 0. The quantitative estimate of drug-likeness (QED) is 0.620. The number of anilines is 1. The first kappa shape index (κ1) is 13.4. The summed E-state index contributed by atoms with van der Waals surface area (Å²) in [5, 5.41) is 13.5. The Bertz CT molecular complexity index is 1060. The normalized spacial score (nSPS) is 16.0. The van der Waals surface area contributed by atoms with E-state index in [1.165, 1.54) is 19.2 Å². The summed E-state index contributed by atoms with van der Waals surface area (Å²) in [5.41, 5.74) is 10.00. The van der Waals surface area contributed by atoms with Crippen LogP contribution >= 0.6 is 0 Å². The number of hydrogen-bond donors (Lipinski definition) is 1. The monoisotopic (exact) mass is 320 g/mol. The minimum absolute atomic E-state index is 0.351. The molecule has 3 heterocycles. The number of hydrogen-bond acceptors (Lipinski definition) is 6. The maximum atomic E-state index is 5.85. The second-order valence-electron chi connectivity index (χ2n) is 6.33. The molecule has 0 amide bonds. The standard InChI is InChI=1S/C16H16N8/c1-9(10-2-3-10)24-21-12-5-4-11(6-13(12)22-24)14-7-18-16-15(17)19-8-20-23(14)16/h4-10H,2-3H2,1H3,(H2,17,19,20). The molecule has 0 bridgehead atoms. The predicted molar refractivity (Wildman–Crippen MR) is 89.2 cm³/mol. The largest absolute Gasteiger partial charge is 0.381 e. The van der Waals surface area contributed by atoms with E-state index in [2.05, 4.69) is 32.2 Å². The zero-order valence-corrected chi connectivity index (χ0v) is 13.2. The fourth-order valence-corrected chi connectivity index (χ4v) is 3.07. The van der Waals surface area contributed by atoms with Crippen LogP contribution in [0.3, 0.4) is 0 Å². The van der Waals surface area contributed by atoms with Crippen molar-refractivity contribution in [2.45, 2.75) is 25.8 Å². The minimum Gasteiger partial charge on any atom is -0.381 e. The molecule has 4 aromatic rings. The van der Waals surface area contributed by atoms with Gasteiger partial charge in [0.1, 0.15) is 17.4 Å². The number of nitrogens with zero attached hydrogens (tertiary/aromatic N) is 7. The number of rotatable bonds is 3. The molecule has 5 rings (SSSR count). The van der Waals surface area contributed by atoms with Gasteiger partial charge < -0.3 is 5.73 Å². The van der Waals surface area contributed by atoms with Crippen LogP contribution in [0.1, 0.15) is 25.8 Å². The van der Waals surface area contributed by atoms with Crippen molar-refractivity contribution in [2.75, 3.05) is 5.73 Å². The first-order chi connectivity index (χ1) is 11.7. The average molecular weight is 320 g/mol. The minimum atomic E-state index is 0.351. The fraction of sp³-hybridized carbons (Fsp3) is 0.312. The van der Waals surface area contributed by atoms with Gasteiger partial charge in [0.25, 0.3) is 0 Å². The van der Waals surface area contributed by atoms with Crippen LogP contribution in [-0.4, -0.2) is 34.6 Å². The molecule has 120 valence electrons. The van der Waals surface area contributed by atoms with Crippen LogP contribution in [-0.2, 0) is 0 Å². The van der Waals surface area contributed by atoms with Gasteiger partial charge in [-0.15, -0.1) is 0 Å². The van der Waals surface area contributed by atoms with Gasteiger partial charge in [0, 0.05) is 5.56 Å². The Hall–Kier alpha value is -3.03. The third-order valence-electron chi connectivity index (χ3n) is 4.69. The molecule has 1 atom stereocenters. The average Bonchev–Trinajstić information content (AvgIpc) is 3.20. The van der Waals surface area contributed by atoms with E-state index < -0.39 is 0 Å². The molecule has 1 aromatic carbocycles. The maximum Gasteiger partial charge on any atom is 0.197 e. The third-order valence-corrected chi connectivity index (χ3v) is 4.69. The van der Waals surface area contributed by atoms with Gasteiger partial charge in [0.2, 0.25) is 0 Å². The first-order valence-corrected chi connectivity index (χ1v) is 8.02. The van der Waals surface area contributed by atoms with Crippen LogP contribution in [0.5, 0.6) is 0 Å². The summed E-state index contributed by atoms with van der Waals surface area (Å²) in [4.78, 5) is 10.1. The van der Waals surface area contributed by atoms with Crippen molar-refractivity contribution in [1.82, 2.24) is 34.6 Å². The smallest absolute Gasteiger partial charge is 0.197 e. The number of benzene rings is 1. The molecular formula is C16H16N8. The van der Waals surface area contributed by atoms with Gasteiger partial charge >= 0.3 is 0 Å². The van der Waals surface area contributed by atoms with Gasteiger partial charge in [-0.05, 0) is 37.8 Å². The Morgan fingerprint density at radius 2 is 2.00 bits per heavy atom. The number of nitrogen functional groups attached to an aromatic ring is 1. The summed E-state index contributed by atoms with van der Waals surface area (Å²) in [6, 6.07) is 6.35. The van der Waals surface area contributed by atoms with Crippen molar-refractivity contribution in [2.24, 2.45) is 5.92 Å². The summed E-state index contributed by atoms with van der Waals surface area (Å²) in [5.74, 6) is 1.08. The predicted octanol–water partition coefficient (Wildman–Crippen LogP) is 2.09. The van der Waals surface area contributed by atoms with Crippen molar-refractivity contribution in [3.63, 3.8) is 0 Å². The Morgan fingerprint density at radius 3 is 2.83 bits per heavy atom. The van der Waals surface area contributed by atoms with Crippen molar-refractivity contribution in [1.29, 1.82) is 0 Å². The molecule has 8 heteroatoms. The first-order valence-electron chi connectivity index (χ1n) is 8.02. The SMILES string of the molecule is CC(C1CC1)n1nc2ccc(-c3cnc4c(N)ncnn34)cc2n1. The van der Waals surface area contributed by atoms with Gasteiger partial charge in [0.05, 0.1) is 17.9 Å². The highest BCUT2D eigenvalue weighted by molar-refractivity contribution is 5.81. The van der Waals surface area contributed by atoms with E-state index in [-0.39, 0.29) is 0 Å². The highest BCUT2D eigenvalue weighted by Crippen LogP contribution is 2.39. The molecule has 2 N–H and O–H groups in total. The molecule has 0 aliphatic heterocycles. The van der Waals surface area contributed by atoms with Crippen LogP contribution < -0.4 is 5.73 Å². The van der Waals surface area contributed by atoms with E-state index in [4.69, 9.17) is 5.73 Å². The lowest BCUT2D eigenvalue weighted by Gasteiger charge is -2.07. The van der Waals surface area contributed by atoms with Gasteiger partial charge in [-0.2, -0.15) is 20.1 Å². The number of aromatic nitrogens is 7. The van der Waals surface area contributed by atoms with Crippen molar-refractivity contribution in [3.05, 3.63) is 30.7 Å². The Balaban J connectivity index is 1.62. The van der Waals surface area contributed by atoms with Gasteiger partial charge in [-0.3, -0.25) is 0 Å². The van der Waals surface area contributed by atoms with E-state index in [0.29, 0.717) is 23.4 Å². The molecule has 0 saturated heterocycles. The summed E-state index contributed by atoms with van der Waals surface area (Å²) in [6.07, 6.45) is 5.72. The van der Waals surface area contributed by atoms with E-state index in [9.17, 15) is 0 Å². The highest BCUT2D eigenvalue weighted by Gasteiger charge is 2.30. The molecule has 1 unspecified atom stereocenters. The molecule has 1 aliphatic carbocycles. The Labute approximate surface area is 137 Å². The lowest BCUT2D eigenvalue weighted by Crippen LogP contribution is -2.10. The molecule has 1 aliphatic rings. The lowest BCUT2D eigenvalue weighted by molar-refractivity contribution is 0.396. The van der Waals surface area contributed by atoms with Crippen LogP contribution in [0.25, 0.3) is 27.9 Å². The van der Waals surface area contributed by atoms with Crippen molar-refractivity contribution < 1.29 is 0 Å². The molecule has 24 heavy (non-hydrogen) atoms. The highest BCUT2D eigenvalue weighted by atomic mass is 15.5. The molecule has 3 aromatic heterocycles. The fourth-order valence-electron chi connectivity index (χ4n) is 3.07. The molecule has 0 radical (unpaired) electrons. The lowest BCUT2D eigenvalue weighted by atomic mass is 10.1. The van der Waals surface area contributed by atoms with E-state index >= 15 is 0 Å². The molecule has 8 nitrogen and oxygen atoms in total. The second kappa shape index (κ2) is 4.73. The van der Waals surface area contributed by atoms with E-state index in [1.807, 2.05) is 23.0 Å². The van der Waals surface area contributed by atoms with Gasteiger partial charge in [-0.25, -0.2) is 14.5 Å². The van der Waals surface area contributed by atoms with Crippen molar-refractivity contribution in [3.8, 4) is 11.3 Å². The second-order valence-corrected chi connectivity index (χ2v) is 6.33. The van der Waals surface area contributed by atoms with Crippen LogP contribution in [0, 0.1) is 5.92 Å². The molecule has 0 spiro atoms. The van der Waals surface area contributed by atoms with Gasteiger partial charge in [-0.1, -0.05) is 6.07 Å². The van der Waals surface area contributed by atoms with E-state index in [0.717, 1.165) is 22.3 Å². The summed E-state index contributed by atoms with van der Waals surface area (Å²) in [6.45, 7) is 2.18. The molecular weight excluding hydrogens is 304 g/mol. The Morgan fingerprint density at radius 1 is 1.17 bits per heavy atom. The zero-order valence-electron chi connectivity index (χ0n) is 13.2. The Kier molecular flexibility index (Phi) is 2.64. The third kappa shape index (κ3) is 1.96. The number of fused-ring (bicyclic) bond motifs is 2. The number of imidazole rings is 1. The van der Waals surface area contributed by atoms with Crippen LogP contribution in [0.4, 0.5) is 5.82 Å². The molecule has 1 fully saturated rings. The number of nitrogens with two attached hydrogens (primary N) is 1. The van der Waals surface area contributed by atoms with Gasteiger partial charge in [0.15, 0.2) is 11.5 Å². The maximum absolute atomic E-state index is 5.85. The zero-order chi connectivity index (χ0) is 16.3. The topological polar surface area (TPSA) is 99.8 Å². The van der Waals surface area contributed by atoms with Crippen molar-refractivity contribution >= 4 is 22.5 Å². The van der Waals surface area contributed by atoms with E-state index in [1.54, 1.807) is 10.7 Å².